The average Bonchev–Trinajstić information content (AvgIpc) is 2.95. The summed E-state index contributed by atoms with van der Waals surface area (Å²) in [7, 11) is 0. The summed E-state index contributed by atoms with van der Waals surface area (Å²) in [6.45, 7) is 4.38. The number of piperidine rings is 1. The van der Waals surface area contributed by atoms with Crippen molar-refractivity contribution in [2.75, 3.05) is 30.3 Å². The van der Waals surface area contributed by atoms with Gasteiger partial charge in [0.2, 0.25) is 5.95 Å². The van der Waals surface area contributed by atoms with E-state index < -0.39 is 5.82 Å². The van der Waals surface area contributed by atoms with Gasteiger partial charge in [0.1, 0.15) is 5.03 Å². The van der Waals surface area contributed by atoms with Gasteiger partial charge < -0.3 is 21.1 Å². The summed E-state index contributed by atoms with van der Waals surface area (Å²) in [5.74, 6) is -0.119. The second kappa shape index (κ2) is 7.17. The van der Waals surface area contributed by atoms with Crippen molar-refractivity contribution in [2.24, 2.45) is 11.1 Å². The van der Waals surface area contributed by atoms with Crippen molar-refractivity contribution in [1.29, 1.82) is 0 Å². The third-order valence-electron chi connectivity index (χ3n) is 5.51. The van der Waals surface area contributed by atoms with Crippen LogP contribution < -0.4 is 16.4 Å². The number of pyridine rings is 1. The lowest BCUT2D eigenvalue weighted by Gasteiger charge is -2.41. The van der Waals surface area contributed by atoms with Gasteiger partial charge in [-0.1, -0.05) is 11.8 Å². The first kappa shape index (κ1) is 18.3. The largest absolute Gasteiger partial charge is 0.381 e. The molecule has 10 heteroatoms. The molecule has 1 spiro atoms. The van der Waals surface area contributed by atoms with Crippen molar-refractivity contribution in [3.63, 3.8) is 0 Å². The first-order valence-corrected chi connectivity index (χ1v) is 9.70. The number of anilines is 2. The van der Waals surface area contributed by atoms with Crippen molar-refractivity contribution >= 4 is 23.5 Å². The maximum atomic E-state index is 14.0. The van der Waals surface area contributed by atoms with Gasteiger partial charge in [0.05, 0.1) is 23.8 Å². The second-order valence-corrected chi connectivity index (χ2v) is 8.16. The first-order valence-electron chi connectivity index (χ1n) is 8.88. The predicted octanol–water partition coefficient (Wildman–Crippen LogP) is 1.47. The van der Waals surface area contributed by atoms with Crippen LogP contribution in [0.15, 0.2) is 28.4 Å². The molecule has 2 aromatic heterocycles. The molecule has 2 aromatic rings. The van der Waals surface area contributed by atoms with Gasteiger partial charge in [-0.05, 0) is 25.8 Å². The third-order valence-corrected chi connectivity index (χ3v) is 6.44. The summed E-state index contributed by atoms with van der Waals surface area (Å²) in [6, 6.07) is 1.62. The van der Waals surface area contributed by atoms with E-state index in [4.69, 9.17) is 16.2 Å². The fraction of sp³-hybridized carbons (Fsp3) is 0.529. The zero-order chi connectivity index (χ0) is 19.0. The van der Waals surface area contributed by atoms with Crippen LogP contribution in [0.2, 0.25) is 0 Å². The molecule has 0 bridgehead atoms. The fourth-order valence-electron chi connectivity index (χ4n) is 3.71. The molecule has 27 heavy (non-hydrogen) atoms. The molecule has 8 nitrogen and oxygen atoms in total. The van der Waals surface area contributed by atoms with Gasteiger partial charge in [-0.15, -0.1) is 10.2 Å². The molecule has 4 rings (SSSR count). The number of nitrogens with two attached hydrogens (primary N) is 2. The highest BCUT2D eigenvalue weighted by Gasteiger charge is 2.47. The zero-order valence-corrected chi connectivity index (χ0v) is 15.8. The molecule has 0 amide bonds. The van der Waals surface area contributed by atoms with E-state index in [1.807, 2.05) is 6.92 Å². The molecular weight excluding hydrogens is 369 g/mol. The Balaban J connectivity index is 1.41. The number of halogens is 1. The van der Waals surface area contributed by atoms with Crippen LogP contribution in [0.25, 0.3) is 0 Å². The van der Waals surface area contributed by atoms with E-state index in [9.17, 15) is 4.39 Å². The van der Waals surface area contributed by atoms with Crippen LogP contribution >= 0.6 is 11.8 Å². The predicted molar refractivity (Wildman–Crippen MR) is 99.8 cm³/mol. The lowest BCUT2D eigenvalue weighted by atomic mass is 9.73. The topological polar surface area (TPSA) is 116 Å². The van der Waals surface area contributed by atoms with Crippen molar-refractivity contribution in [3.8, 4) is 0 Å². The summed E-state index contributed by atoms with van der Waals surface area (Å²) in [5.41, 5.74) is 11.9. The number of rotatable bonds is 3. The van der Waals surface area contributed by atoms with Gasteiger partial charge in [-0.3, -0.25) is 0 Å². The molecule has 0 aromatic carbocycles. The summed E-state index contributed by atoms with van der Waals surface area (Å²) in [5, 5.41) is 8.88. The minimum Gasteiger partial charge on any atom is -0.381 e. The van der Waals surface area contributed by atoms with E-state index in [-0.39, 0.29) is 23.4 Å². The zero-order valence-electron chi connectivity index (χ0n) is 15.0. The number of nitrogen functional groups attached to an aromatic ring is 1. The Morgan fingerprint density at radius 3 is 2.70 bits per heavy atom. The van der Waals surface area contributed by atoms with Gasteiger partial charge in [0, 0.05) is 30.7 Å². The van der Waals surface area contributed by atoms with Crippen LogP contribution in [-0.2, 0) is 4.74 Å². The minimum absolute atomic E-state index is 0.0535. The van der Waals surface area contributed by atoms with Crippen LogP contribution in [0.3, 0.4) is 0 Å². The van der Waals surface area contributed by atoms with E-state index in [0.717, 1.165) is 44.3 Å². The normalized spacial score (nSPS) is 24.5. The number of ether oxygens (including phenoxy) is 1. The molecule has 2 saturated heterocycles. The lowest BCUT2D eigenvalue weighted by molar-refractivity contribution is 0.0973. The third kappa shape index (κ3) is 3.44. The second-order valence-electron chi connectivity index (χ2n) is 7.10. The van der Waals surface area contributed by atoms with Crippen molar-refractivity contribution < 1.29 is 9.13 Å². The minimum atomic E-state index is -0.556. The first-order chi connectivity index (χ1) is 13.0. The Labute approximate surface area is 160 Å². The Bertz CT molecular complexity index is 813. The quantitative estimate of drug-likeness (QED) is 0.802. The van der Waals surface area contributed by atoms with Crippen molar-refractivity contribution in [3.05, 3.63) is 24.3 Å². The maximum absolute atomic E-state index is 14.0. The number of hydrogen-bond acceptors (Lipinski definition) is 9. The number of hydrogen-bond donors (Lipinski definition) is 2. The fourth-order valence-corrected chi connectivity index (χ4v) is 4.44. The van der Waals surface area contributed by atoms with Crippen LogP contribution in [0.1, 0.15) is 19.8 Å². The van der Waals surface area contributed by atoms with Gasteiger partial charge in [0.15, 0.2) is 11.6 Å². The van der Waals surface area contributed by atoms with E-state index in [2.05, 4.69) is 25.1 Å². The van der Waals surface area contributed by atoms with Crippen LogP contribution in [0, 0.1) is 11.2 Å². The van der Waals surface area contributed by atoms with Crippen molar-refractivity contribution in [1.82, 2.24) is 20.2 Å². The lowest BCUT2D eigenvalue weighted by Crippen LogP contribution is -2.51. The Morgan fingerprint density at radius 2 is 2.07 bits per heavy atom. The van der Waals surface area contributed by atoms with Crippen molar-refractivity contribution in [2.45, 2.75) is 41.8 Å². The smallest absolute Gasteiger partial charge is 0.245 e. The molecule has 4 heterocycles. The van der Waals surface area contributed by atoms with Gasteiger partial charge in [0.25, 0.3) is 0 Å². The summed E-state index contributed by atoms with van der Waals surface area (Å²) < 4.78 is 19.7. The molecule has 0 aliphatic carbocycles. The molecule has 0 unspecified atom stereocenters. The van der Waals surface area contributed by atoms with Crippen LogP contribution in [0.5, 0.6) is 0 Å². The number of aromatic nitrogens is 4. The molecular formula is C17H22FN7OS. The summed E-state index contributed by atoms with van der Waals surface area (Å²) in [6.07, 6.45) is 5.05. The Hall–Kier alpha value is -2.04. The van der Waals surface area contributed by atoms with Gasteiger partial charge in [-0.2, -0.15) is 0 Å². The molecule has 2 atom stereocenters. The standard InChI is InChI=1S/C17H22FN7OS/c1-10-14(19)17(9-26-10)3-6-25(7-4-17)16-22-8-12(23-24-16)27-11-2-5-21-15(20)13(11)18/h2,5,8,10,14H,3-4,6-7,9,19H2,1H3,(H2,20,21)/t10-,14+/m0/s1. The molecule has 2 fully saturated rings. The Morgan fingerprint density at radius 1 is 1.30 bits per heavy atom. The van der Waals surface area contributed by atoms with Crippen LogP contribution in [0.4, 0.5) is 16.2 Å². The highest BCUT2D eigenvalue weighted by Crippen LogP contribution is 2.41. The molecule has 144 valence electrons. The average molecular weight is 391 g/mol. The molecule has 2 aliphatic heterocycles. The molecule has 4 N–H and O–H groups in total. The van der Waals surface area contributed by atoms with E-state index in [0.29, 0.717) is 15.9 Å². The van der Waals surface area contributed by atoms with E-state index in [1.54, 1.807) is 12.3 Å². The van der Waals surface area contributed by atoms with E-state index in [1.165, 1.54) is 6.20 Å². The Kier molecular flexibility index (Phi) is 4.87. The highest BCUT2D eigenvalue weighted by atomic mass is 32.2. The summed E-state index contributed by atoms with van der Waals surface area (Å²) in [4.78, 5) is 10.6. The summed E-state index contributed by atoms with van der Waals surface area (Å²) >= 11 is 1.12. The molecule has 0 saturated carbocycles. The maximum Gasteiger partial charge on any atom is 0.245 e. The molecule has 0 radical (unpaired) electrons. The highest BCUT2D eigenvalue weighted by molar-refractivity contribution is 7.99. The SMILES string of the molecule is C[C@@H]1OCC2(CCN(c3ncc(Sc4ccnc(N)c4F)nn3)CC2)[C@@H]1N. The monoisotopic (exact) mass is 391 g/mol. The van der Waals surface area contributed by atoms with E-state index >= 15 is 0 Å². The van der Waals surface area contributed by atoms with Crippen LogP contribution in [-0.4, -0.2) is 52.0 Å². The number of nitrogens with zero attached hydrogens (tertiary/aromatic N) is 5. The molecule has 2 aliphatic rings. The van der Waals surface area contributed by atoms with Gasteiger partial charge in [-0.25, -0.2) is 14.4 Å². The van der Waals surface area contributed by atoms with Gasteiger partial charge >= 0.3 is 0 Å².